The first-order chi connectivity index (χ1) is 11.2. The number of carbonyl (C=O) groups excluding carboxylic acids is 1. The topological polar surface area (TPSA) is 17.1 Å². The van der Waals surface area contributed by atoms with Gasteiger partial charge in [0.05, 0.1) is 0 Å². The number of hydrogen-bond acceptors (Lipinski definition) is 1. The smallest absolute Gasteiger partial charge is 0.193 e. The second-order valence-electron chi connectivity index (χ2n) is 5.53. The lowest BCUT2D eigenvalue weighted by molar-refractivity contribution is 0.105. The Morgan fingerprint density at radius 1 is 0.696 bits per heavy atom. The molecule has 23 heavy (non-hydrogen) atoms. The summed E-state index contributed by atoms with van der Waals surface area (Å²) in [5.41, 5.74) is 4.52. The van der Waals surface area contributed by atoms with E-state index in [1.54, 1.807) is 0 Å². The summed E-state index contributed by atoms with van der Waals surface area (Å²) in [4.78, 5) is 13.0. The minimum absolute atomic E-state index is 0.0417. The van der Waals surface area contributed by atoms with Gasteiger partial charge in [0.25, 0.3) is 0 Å². The van der Waals surface area contributed by atoms with Gasteiger partial charge in [-0.1, -0.05) is 90.5 Å². The molecule has 0 aliphatic carbocycles. The van der Waals surface area contributed by atoms with Crippen LogP contribution >= 0.6 is 0 Å². The van der Waals surface area contributed by atoms with Gasteiger partial charge >= 0.3 is 0 Å². The molecule has 0 amide bonds. The van der Waals surface area contributed by atoms with Crippen molar-refractivity contribution in [3.63, 3.8) is 0 Å². The molecule has 112 valence electrons. The molecule has 0 N–H and O–H groups in total. The monoisotopic (exact) mass is 298 g/mol. The zero-order valence-corrected chi connectivity index (χ0v) is 13.1. The highest BCUT2D eigenvalue weighted by molar-refractivity contribution is 6.32. The molecule has 0 atom stereocenters. The molecule has 1 nitrogen and oxygen atoms in total. The van der Waals surface area contributed by atoms with Crippen molar-refractivity contribution in [2.45, 2.75) is 6.92 Å². The van der Waals surface area contributed by atoms with Crippen LogP contribution in [0.5, 0.6) is 0 Å². The fourth-order valence-electron chi connectivity index (χ4n) is 2.47. The van der Waals surface area contributed by atoms with Gasteiger partial charge in [0.1, 0.15) is 0 Å². The van der Waals surface area contributed by atoms with Gasteiger partial charge in [-0.15, -0.1) is 0 Å². The van der Waals surface area contributed by atoms with Crippen LogP contribution in [0, 0.1) is 6.92 Å². The molecule has 0 aromatic heterocycles. The quantitative estimate of drug-likeness (QED) is 0.357. The Balaban J connectivity index is 2.07. The van der Waals surface area contributed by atoms with Crippen LogP contribution in [0.1, 0.15) is 27.0 Å². The first-order valence-electron chi connectivity index (χ1n) is 7.67. The van der Waals surface area contributed by atoms with Crippen LogP contribution in [0.15, 0.2) is 84.9 Å². The lowest BCUT2D eigenvalue weighted by atomic mass is 9.94. The van der Waals surface area contributed by atoms with Crippen LogP contribution in [-0.4, -0.2) is 5.78 Å². The third kappa shape index (κ3) is 3.64. The number of rotatable bonds is 4. The molecule has 0 unspecified atom stereocenters. The van der Waals surface area contributed by atoms with E-state index in [9.17, 15) is 4.79 Å². The van der Waals surface area contributed by atoms with Crippen molar-refractivity contribution in [1.82, 2.24) is 0 Å². The second-order valence-corrected chi connectivity index (χ2v) is 5.53. The molecule has 0 bridgehead atoms. The Bertz CT molecular complexity index is 813. The summed E-state index contributed by atoms with van der Waals surface area (Å²) in [6.45, 7) is 2.02. The minimum atomic E-state index is 0.0417. The highest BCUT2D eigenvalue weighted by Crippen LogP contribution is 2.23. The first kappa shape index (κ1) is 15.0. The SMILES string of the molecule is Cc1ccc(C(=O)/C(=C\c2ccccc2)c2ccccc2)cc1. The summed E-state index contributed by atoms with van der Waals surface area (Å²) in [5, 5.41) is 0. The summed E-state index contributed by atoms with van der Waals surface area (Å²) in [6, 6.07) is 27.5. The van der Waals surface area contributed by atoms with Crippen LogP contribution in [0.2, 0.25) is 0 Å². The van der Waals surface area contributed by atoms with Crippen LogP contribution < -0.4 is 0 Å². The Kier molecular flexibility index (Phi) is 4.49. The van der Waals surface area contributed by atoms with E-state index in [0.717, 1.165) is 16.7 Å². The first-order valence-corrected chi connectivity index (χ1v) is 7.67. The van der Waals surface area contributed by atoms with Crippen molar-refractivity contribution < 1.29 is 4.79 Å². The van der Waals surface area contributed by atoms with E-state index >= 15 is 0 Å². The van der Waals surface area contributed by atoms with Gasteiger partial charge in [0.2, 0.25) is 0 Å². The Hall–Kier alpha value is -2.93. The zero-order valence-electron chi connectivity index (χ0n) is 13.1. The Labute approximate surface area is 136 Å². The van der Waals surface area contributed by atoms with Gasteiger partial charge in [0.15, 0.2) is 5.78 Å². The lowest BCUT2D eigenvalue weighted by Crippen LogP contribution is -2.03. The molecule has 0 spiro atoms. The molecule has 0 saturated carbocycles. The molecule has 3 rings (SSSR count). The molecule has 0 heterocycles. The van der Waals surface area contributed by atoms with Gasteiger partial charge in [-0.05, 0) is 24.1 Å². The Morgan fingerprint density at radius 3 is 1.87 bits per heavy atom. The van der Waals surface area contributed by atoms with Crippen LogP contribution in [0.25, 0.3) is 11.6 Å². The third-order valence-electron chi connectivity index (χ3n) is 3.75. The number of benzene rings is 3. The average Bonchev–Trinajstić information content (AvgIpc) is 2.61. The number of carbonyl (C=O) groups is 1. The van der Waals surface area contributed by atoms with E-state index in [2.05, 4.69) is 0 Å². The van der Waals surface area contributed by atoms with E-state index in [4.69, 9.17) is 0 Å². The molecule has 3 aromatic rings. The van der Waals surface area contributed by atoms with Crippen molar-refractivity contribution in [2.75, 3.05) is 0 Å². The molecule has 0 radical (unpaired) electrons. The molecule has 0 fully saturated rings. The fourth-order valence-corrected chi connectivity index (χ4v) is 2.47. The lowest BCUT2D eigenvalue weighted by Gasteiger charge is -2.08. The van der Waals surface area contributed by atoms with Gasteiger partial charge < -0.3 is 0 Å². The maximum absolute atomic E-state index is 13.0. The fraction of sp³-hybridized carbons (Fsp3) is 0.0455. The summed E-state index contributed by atoms with van der Waals surface area (Å²) in [5.74, 6) is 0.0417. The average molecular weight is 298 g/mol. The highest BCUT2D eigenvalue weighted by atomic mass is 16.1. The van der Waals surface area contributed by atoms with E-state index in [-0.39, 0.29) is 5.78 Å². The van der Waals surface area contributed by atoms with Crippen molar-refractivity contribution >= 4 is 17.4 Å². The number of aryl methyl sites for hydroxylation is 1. The van der Waals surface area contributed by atoms with Gasteiger partial charge in [-0.2, -0.15) is 0 Å². The number of hydrogen-bond donors (Lipinski definition) is 0. The summed E-state index contributed by atoms with van der Waals surface area (Å²) < 4.78 is 0. The predicted octanol–water partition coefficient (Wildman–Crippen LogP) is 5.42. The standard InChI is InChI=1S/C22H18O/c1-17-12-14-20(15-13-17)22(23)21(19-10-6-3-7-11-19)16-18-8-4-2-5-9-18/h2-16H,1H3/b21-16-. The molecule has 1 heteroatoms. The van der Waals surface area contributed by atoms with E-state index in [1.807, 2.05) is 97.9 Å². The van der Waals surface area contributed by atoms with Crippen LogP contribution in [0.3, 0.4) is 0 Å². The number of allylic oxidation sites excluding steroid dienone is 1. The van der Waals surface area contributed by atoms with E-state index in [0.29, 0.717) is 11.1 Å². The van der Waals surface area contributed by atoms with Crippen molar-refractivity contribution in [1.29, 1.82) is 0 Å². The summed E-state index contributed by atoms with van der Waals surface area (Å²) >= 11 is 0. The molecule has 0 aliphatic rings. The maximum atomic E-state index is 13.0. The molecule has 0 saturated heterocycles. The van der Waals surface area contributed by atoms with Crippen molar-refractivity contribution in [3.05, 3.63) is 107 Å². The summed E-state index contributed by atoms with van der Waals surface area (Å²) in [6.07, 6.45) is 1.96. The van der Waals surface area contributed by atoms with E-state index in [1.165, 1.54) is 0 Å². The largest absolute Gasteiger partial charge is 0.289 e. The summed E-state index contributed by atoms with van der Waals surface area (Å²) in [7, 11) is 0. The van der Waals surface area contributed by atoms with Gasteiger partial charge in [-0.3, -0.25) is 4.79 Å². The normalized spacial score (nSPS) is 11.3. The molecule has 0 aliphatic heterocycles. The van der Waals surface area contributed by atoms with Gasteiger partial charge in [-0.25, -0.2) is 0 Å². The third-order valence-corrected chi connectivity index (χ3v) is 3.75. The highest BCUT2D eigenvalue weighted by Gasteiger charge is 2.14. The number of Topliss-reactive ketones (excluding diaryl/α,β-unsaturated/α-hetero) is 1. The molecule has 3 aromatic carbocycles. The maximum Gasteiger partial charge on any atom is 0.193 e. The van der Waals surface area contributed by atoms with Crippen LogP contribution in [-0.2, 0) is 0 Å². The minimum Gasteiger partial charge on any atom is -0.289 e. The van der Waals surface area contributed by atoms with Crippen molar-refractivity contribution in [3.8, 4) is 0 Å². The molecular weight excluding hydrogens is 280 g/mol. The van der Waals surface area contributed by atoms with Gasteiger partial charge in [0, 0.05) is 11.1 Å². The molecular formula is C22H18O. The van der Waals surface area contributed by atoms with Crippen LogP contribution in [0.4, 0.5) is 0 Å². The number of ketones is 1. The Morgan fingerprint density at radius 2 is 1.26 bits per heavy atom. The predicted molar refractivity (Wildman–Crippen MR) is 96.3 cm³/mol. The van der Waals surface area contributed by atoms with Crippen molar-refractivity contribution in [2.24, 2.45) is 0 Å². The van der Waals surface area contributed by atoms with E-state index < -0.39 is 0 Å². The second kappa shape index (κ2) is 6.89. The zero-order chi connectivity index (χ0) is 16.1.